The number of nitrogens with two attached hydrogens (primary N) is 1. The summed E-state index contributed by atoms with van der Waals surface area (Å²) in [5.74, 6) is 0. The molecule has 2 aromatic carbocycles. The van der Waals surface area contributed by atoms with Crippen molar-refractivity contribution in [1.29, 1.82) is 0 Å². The number of hydrogen-bond acceptors (Lipinski definition) is 2. The Labute approximate surface area is 110 Å². The number of nitrogens with zero attached hydrogens (tertiary/aromatic N) is 1. The Balaban J connectivity index is 2.09. The van der Waals surface area contributed by atoms with Crippen molar-refractivity contribution in [2.24, 2.45) is 0 Å². The maximum Gasteiger partial charge on any atom is 0.326 e. The van der Waals surface area contributed by atoms with Gasteiger partial charge in [-0.1, -0.05) is 29.8 Å². The van der Waals surface area contributed by atoms with Crippen LogP contribution in [0.2, 0.25) is 0 Å². The smallest absolute Gasteiger partial charge is 0.326 e. The predicted molar refractivity (Wildman–Crippen MR) is 77.3 cm³/mol. The van der Waals surface area contributed by atoms with E-state index < -0.39 is 0 Å². The second-order valence-corrected chi connectivity index (χ2v) is 4.78. The van der Waals surface area contributed by atoms with Gasteiger partial charge in [-0.3, -0.25) is 4.57 Å². The van der Waals surface area contributed by atoms with Crippen molar-refractivity contribution >= 4 is 16.7 Å². The molecule has 0 aliphatic carbocycles. The van der Waals surface area contributed by atoms with Crippen LogP contribution in [0.3, 0.4) is 0 Å². The Morgan fingerprint density at radius 1 is 1.16 bits per heavy atom. The summed E-state index contributed by atoms with van der Waals surface area (Å²) in [7, 11) is 0. The molecule has 0 aliphatic heterocycles. The lowest BCUT2D eigenvalue weighted by Crippen LogP contribution is -2.17. The highest BCUT2D eigenvalue weighted by molar-refractivity contribution is 5.79. The summed E-state index contributed by atoms with van der Waals surface area (Å²) in [4.78, 5) is 14.8. The molecule has 0 radical (unpaired) electrons. The van der Waals surface area contributed by atoms with Gasteiger partial charge in [0.05, 0.1) is 17.6 Å². The molecular formula is C15H15N3O. The van der Waals surface area contributed by atoms with Gasteiger partial charge >= 0.3 is 5.69 Å². The molecule has 96 valence electrons. The average molecular weight is 253 g/mol. The van der Waals surface area contributed by atoms with Crippen molar-refractivity contribution in [3.8, 4) is 0 Å². The quantitative estimate of drug-likeness (QED) is 0.688. The molecule has 0 aliphatic rings. The van der Waals surface area contributed by atoms with Gasteiger partial charge in [-0.2, -0.15) is 0 Å². The molecule has 0 bridgehead atoms. The molecule has 4 nitrogen and oxygen atoms in total. The predicted octanol–water partition coefficient (Wildman–Crippen LogP) is 2.27. The molecule has 0 spiro atoms. The fourth-order valence-corrected chi connectivity index (χ4v) is 2.20. The Morgan fingerprint density at radius 2 is 1.89 bits per heavy atom. The van der Waals surface area contributed by atoms with E-state index in [1.807, 2.05) is 43.3 Å². The molecule has 0 saturated heterocycles. The molecule has 1 heterocycles. The third kappa shape index (κ3) is 2.12. The van der Waals surface area contributed by atoms with Crippen LogP contribution in [0.1, 0.15) is 11.1 Å². The van der Waals surface area contributed by atoms with Gasteiger partial charge in [0.2, 0.25) is 0 Å². The highest BCUT2D eigenvalue weighted by Gasteiger charge is 2.07. The minimum atomic E-state index is -0.110. The van der Waals surface area contributed by atoms with Gasteiger partial charge in [0.25, 0.3) is 0 Å². The third-order valence-electron chi connectivity index (χ3n) is 3.26. The maximum absolute atomic E-state index is 12.0. The van der Waals surface area contributed by atoms with Crippen molar-refractivity contribution in [2.75, 3.05) is 5.73 Å². The van der Waals surface area contributed by atoms with Crippen molar-refractivity contribution < 1.29 is 0 Å². The van der Waals surface area contributed by atoms with Crippen LogP contribution in [0.5, 0.6) is 0 Å². The number of benzene rings is 2. The number of rotatable bonds is 2. The summed E-state index contributed by atoms with van der Waals surface area (Å²) in [5, 5.41) is 0. The number of aromatic nitrogens is 2. The monoisotopic (exact) mass is 253 g/mol. The Hall–Kier alpha value is -2.49. The lowest BCUT2D eigenvalue weighted by atomic mass is 10.1. The molecule has 19 heavy (non-hydrogen) atoms. The van der Waals surface area contributed by atoms with Gasteiger partial charge in [-0.25, -0.2) is 4.79 Å². The highest BCUT2D eigenvalue weighted by atomic mass is 16.1. The molecule has 0 fully saturated rings. The van der Waals surface area contributed by atoms with Gasteiger partial charge < -0.3 is 10.7 Å². The zero-order chi connectivity index (χ0) is 13.4. The zero-order valence-corrected chi connectivity index (χ0v) is 10.7. The van der Waals surface area contributed by atoms with E-state index in [1.165, 1.54) is 5.56 Å². The standard InChI is InChI=1S/C15H15N3O/c1-10-2-4-11(5-3-10)9-18-14-8-12(16)6-7-13(14)17-15(18)19/h2-8H,9,16H2,1H3,(H,17,19). The SMILES string of the molecule is Cc1ccc(Cn2c(=O)[nH]c3ccc(N)cc32)cc1. The maximum atomic E-state index is 12.0. The van der Waals surface area contributed by atoms with Crippen molar-refractivity contribution in [3.63, 3.8) is 0 Å². The van der Waals surface area contributed by atoms with Crippen molar-refractivity contribution in [2.45, 2.75) is 13.5 Å². The van der Waals surface area contributed by atoms with Gasteiger partial charge in [0.1, 0.15) is 0 Å². The van der Waals surface area contributed by atoms with E-state index in [-0.39, 0.29) is 5.69 Å². The largest absolute Gasteiger partial charge is 0.399 e. The average Bonchev–Trinajstić information content (AvgIpc) is 2.69. The highest BCUT2D eigenvalue weighted by Crippen LogP contribution is 2.15. The summed E-state index contributed by atoms with van der Waals surface area (Å²) in [6, 6.07) is 13.6. The molecule has 0 atom stereocenters. The summed E-state index contributed by atoms with van der Waals surface area (Å²) >= 11 is 0. The molecule has 0 amide bonds. The van der Waals surface area contributed by atoms with Crippen LogP contribution >= 0.6 is 0 Å². The molecule has 3 rings (SSSR count). The third-order valence-corrected chi connectivity index (χ3v) is 3.26. The number of H-pyrrole nitrogens is 1. The van der Waals surface area contributed by atoms with E-state index in [2.05, 4.69) is 4.98 Å². The minimum Gasteiger partial charge on any atom is -0.399 e. The first kappa shape index (κ1) is 11.6. The summed E-state index contributed by atoms with van der Waals surface area (Å²) < 4.78 is 1.70. The van der Waals surface area contributed by atoms with Gasteiger partial charge in [-0.15, -0.1) is 0 Å². The number of nitrogen functional groups attached to an aromatic ring is 1. The van der Waals surface area contributed by atoms with E-state index in [4.69, 9.17) is 5.73 Å². The fourth-order valence-electron chi connectivity index (χ4n) is 2.20. The van der Waals surface area contributed by atoms with E-state index in [9.17, 15) is 4.79 Å². The van der Waals surface area contributed by atoms with Crippen LogP contribution in [0.15, 0.2) is 47.3 Å². The summed E-state index contributed by atoms with van der Waals surface area (Å²) in [5.41, 5.74) is 10.3. The number of anilines is 1. The molecule has 4 heteroatoms. The van der Waals surface area contributed by atoms with Crippen molar-refractivity contribution in [1.82, 2.24) is 9.55 Å². The number of aryl methyl sites for hydroxylation is 1. The van der Waals surface area contributed by atoms with Crippen LogP contribution in [0.25, 0.3) is 11.0 Å². The molecule has 3 N–H and O–H groups in total. The first-order valence-electron chi connectivity index (χ1n) is 6.17. The van der Waals surface area contributed by atoms with Gasteiger partial charge in [0.15, 0.2) is 0 Å². The van der Waals surface area contributed by atoms with Crippen LogP contribution in [-0.2, 0) is 6.54 Å². The number of imidazole rings is 1. The Bertz CT molecular complexity index is 781. The Kier molecular flexibility index (Phi) is 2.63. The molecule has 0 unspecified atom stereocenters. The Morgan fingerprint density at radius 3 is 2.63 bits per heavy atom. The van der Waals surface area contributed by atoms with Crippen LogP contribution < -0.4 is 11.4 Å². The van der Waals surface area contributed by atoms with Gasteiger partial charge in [0, 0.05) is 5.69 Å². The molecule has 1 aromatic heterocycles. The van der Waals surface area contributed by atoms with Crippen LogP contribution in [0, 0.1) is 6.92 Å². The van der Waals surface area contributed by atoms with Gasteiger partial charge in [-0.05, 0) is 30.7 Å². The fraction of sp³-hybridized carbons (Fsp3) is 0.133. The van der Waals surface area contributed by atoms with Crippen molar-refractivity contribution in [3.05, 3.63) is 64.1 Å². The normalized spacial score (nSPS) is 11.0. The molecule has 3 aromatic rings. The van der Waals surface area contributed by atoms with Crippen LogP contribution in [-0.4, -0.2) is 9.55 Å². The second-order valence-electron chi connectivity index (χ2n) is 4.78. The minimum absolute atomic E-state index is 0.110. The van der Waals surface area contributed by atoms with E-state index in [1.54, 1.807) is 10.6 Å². The van der Waals surface area contributed by atoms with E-state index >= 15 is 0 Å². The number of aromatic amines is 1. The zero-order valence-electron chi connectivity index (χ0n) is 10.7. The number of fused-ring (bicyclic) bond motifs is 1. The van der Waals surface area contributed by atoms with Crippen LogP contribution in [0.4, 0.5) is 5.69 Å². The van der Waals surface area contributed by atoms with E-state index in [0.29, 0.717) is 12.2 Å². The number of hydrogen-bond donors (Lipinski definition) is 2. The lowest BCUT2D eigenvalue weighted by molar-refractivity contribution is 0.787. The van der Waals surface area contributed by atoms with E-state index in [0.717, 1.165) is 16.6 Å². The topological polar surface area (TPSA) is 63.8 Å². The summed E-state index contributed by atoms with van der Waals surface area (Å²) in [6.45, 7) is 2.59. The summed E-state index contributed by atoms with van der Waals surface area (Å²) in [6.07, 6.45) is 0. The molecule has 0 saturated carbocycles. The first-order chi connectivity index (χ1) is 9.13. The first-order valence-corrected chi connectivity index (χ1v) is 6.17. The lowest BCUT2D eigenvalue weighted by Gasteiger charge is -2.04. The second kappa shape index (κ2) is 4.31. The molecular weight excluding hydrogens is 238 g/mol. The number of nitrogens with one attached hydrogen (secondary N) is 1.